The molecule has 0 aliphatic rings. The molecule has 6 nitrogen and oxygen atoms in total. The minimum absolute atomic E-state index is 0.147. The van der Waals surface area contributed by atoms with Crippen LogP contribution < -0.4 is 5.32 Å². The van der Waals surface area contributed by atoms with Gasteiger partial charge in [0.2, 0.25) is 0 Å². The van der Waals surface area contributed by atoms with E-state index in [-0.39, 0.29) is 6.42 Å². The van der Waals surface area contributed by atoms with E-state index in [0.29, 0.717) is 0 Å². The maximum atomic E-state index is 11.4. The van der Waals surface area contributed by atoms with Gasteiger partial charge in [-0.05, 0) is 17.7 Å². The van der Waals surface area contributed by atoms with Gasteiger partial charge in [0.05, 0.1) is 0 Å². The quantitative estimate of drug-likeness (QED) is 0.755. The lowest BCUT2D eigenvalue weighted by Gasteiger charge is -2.14. The molecular weight excluding hydrogens is 330 g/mol. The van der Waals surface area contributed by atoms with Crippen LogP contribution in [0.2, 0.25) is 0 Å². The summed E-state index contributed by atoms with van der Waals surface area (Å²) in [5.41, 5.74) is 0.772. The summed E-state index contributed by atoms with van der Waals surface area (Å²) in [6, 6.07) is 6.03. The molecule has 0 aromatic heterocycles. The van der Waals surface area contributed by atoms with Gasteiger partial charge < -0.3 is 15.2 Å². The second-order valence-electron chi connectivity index (χ2n) is 4.07. The van der Waals surface area contributed by atoms with Crippen molar-refractivity contribution in [2.24, 2.45) is 0 Å². The molecule has 0 fully saturated rings. The Morgan fingerprint density at radius 1 is 1.30 bits per heavy atom. The summed E-state index contributed by atoms with van der Waals surface area (Å²) in [5.74, 6) is -2.39. The lowest BCUT2D eigenvalue weighted by atomic mass is 10.1. The fraction of sp³-hybridized carbons (Fsp3) is 0.308. The molecule has 1 amide bonds. The molecule has 0 bridgehead atoms. The predicted octanol–water partition coefficient (Wildman–Crippen LogP) is 1.12. The van der Waals surface area contributed by atoms with Crippen LogP contribution in [0.15, 0.2) is 28.7 Å². The summed E-state index contributed by atoms with van der Waals surface area (Å²) in [6.45, 7) is 0.684. The van der Waals surface area contributed by atoms with Crippen LogP contribution in [0, 0.1) is 0 Å². The first kappa shape index (κ1) is 16.2. The normalized spacial score (nSPS) is 11.5. The Bertz CT molecular complexity index is 500. The van der Waals surface area contributed by atoms with Gasteiger partial charge in [0.25, 0.3) is 5.91 Å². The van der Waals surface area contributed by atoms with Crippen LogP contribution >= 0.6 is 15.9 Å². The molecule has 7 heteroatoms. The first-order valence-electron chi connectivity index (χ1n) is 5.78. The fourth-order valence-corrected chi connectivity index (χ4v) is 1.72. The van der Waals surface area contributed by atoms with Gasteiger partial charge in [0.1, 0.15) is 6.04 Å². The molecule has 0 radical (unpaired) electrons. The van der Waals surface area contributed by atoms with Crippen molar-refractivity contribution in [1.82, 2.24) is 5.32 Å². The number of benzene rings is 1. The van der Waals surface area contributed by atoms with E-state index in [1.165, 1.54) is 6.92 Å². The number of ether oxygens (including phenoxy) is 1. The number of carboxylic acids is 1. The molecule has 0 heterocycles. The van der Waals surface area contributed by atoms with Gasteiger partial charge in [0.15, 0.2) is 6.61 Å². The van der Waals surface area contributed by atoms with Crippen molar-refractivity contribution in [3.8, 4) is 0 Å². The number of esters is 1. The Labute approximate surface area is 124 Å². The van der Waals surface area contributed by atoms with Crippen molar-refractivity contribution in [2.75, 3.05) is 6.61 Å². The minimum Gasteiger partial charge on any atom is -0.480 e. The van der Waals surface area contributed by atoms with E-state index >= 15 is 0 Å². The highest BCUT2D eigenvalue weighted by molar-refractivity contribution is 9.10. The molecule has 108 valence electrons. The van der Waals surface area contributed by atoms with E-state index in [4.69, 9.17) is 5.11 Å². The summed E-state index contributed by atoms with van der Waals surface area (Å²) in [5, 5.41) is 11.4. The average molecular weight is 344 g/mol. The third-order valence-corrected chi connectivity index (χ3v) is 2.92. The van der Waals surface area contributed by atoms with E-state index in [9.17, 15) is 14.4 Å². The zero-order chi connectivity index (χ0) is 15.1. The second kappa shape index (κ2) is 7.64. The zero-order valence-corrected chi connectivity index (χ0v) is 12.3. The van der Waals surface area contributed by atoms with Gasteiger partial charge in [-0.2, -0.15) is 0 Å². The van der Waals surface area contributed by atoms with E-state index in [0.717, 1.165) is 10.0 Å². The minimum atomic E-state index is -1.15. The number of nitrogens with one attached hydrogen (secondary N) is 1. The predicted molar refractivity (Wildman–Crippen MR) is 74.0 cm³/mol. The van der Waals surface area contributed by atoms with Crippen LogP contribution in [0.25, 0.3) is 0 Å². The molecule has 0 unspecified atom stereocenters. The number of hydrogen-bond acceptors (Lipinski definition) is 4. The Kier molecular flexibility index (Phi) is 6.17. The third kappa shape index (κ3) is 5.83. The van der Waals surface area contributed by atoms with Gasteiger partial charge in [-0.3, -0.25) is 9.59 Å². The van der Waals surface area contributed by atoms with Crippen LogP contribution in [0.1, 0.15) is 12.5 Å². The average Bonchev–Trinajstić information content (AvgIpc) is 2.38. The first-order valence-corrected chi connectivity index (χ1v) is 6.57. The number of carbonyl (C=O) groups is 3. The van der Waals surface area contributed by atoms with Crippen LogP contribution in [-0.4, -0.2) is 35.6 Å². The SMILES string of the molecule is CC(=O)OCC(=O)N[C@@H](Cc1ccc(Br)cc1)C(=O)O. The van der Waals surface area contributed by atoms with E-state index < -0.39 is 30.5 Å². The molecule has 0 saturated heterocycles. The van der Waals surface area contributed by atoms with Crippen LogP contribution in [0.4, 0.5) is 0 Å². The maximum absolute atomic E-state index is 11.4. The monoisotopic (exact) mass is 343 g/mol. The smallest absolute Gasteiger partial charge is 0.326 e. The Balaban J connectivity index is 2.60. The summed E-state index contributed by atoms with van der Waals surface area (Å²) in [4.78, 5) is 33.1. The molecule has 1 rings (SSSR count). The molecule has 0 saturated carbocycles. The van der Waals surface area contributed by atoms with Gasteiger partial charge >= 0.3 is 11.9 Å². The van der Waals surface area contributed by atoms with Crippen molar-refractivity contribution in [2.45, 2.75) is 19.4 Å². The maximum Gasteiger partial charge on any atom is 0.326 e. The van der Waals surface area contributed by atoms with Gasteiger partial charge in [-0.25, -0.2) is 4.79 Å². The number of rotatable bonds is 6. The van der Waals surface area contributed by atoms with E-state index in [1.54, 1.807) is 24.3 Å². The standard InChI is InChI=1S/C13H14BrNO5/c1-8(16)20-7-12(17)15-11(13(18)19)6-9-2-4-10(14)5-3-9/h2-5,11H,6-7H2,1H3,(H,15,17)(H,18,19)/t11-/m0/s1. The van der Waals surface area contributed by atoms with E-state index in [2.05, 4.69) is 26.0 Å². The van der Waals surface area contributed by atoms with Crippen molar-refractivity contribution in [3.05, 3.63) is 34.3 Å². The van der Waals surface area contributed by atoms with Crippen LogP contribution in [0.5, 0.6) is 0 Å². The van der Waals surface area contributed by atoms with Crippen molar-refractivity contribution >= 4 is 33.8 Å². The largest absolute Gasteiger partial charge is 0.480 e. The van der Waals surface area contributed by atoms with Crippen molar-refractivity contribution in [1.29, 1.82) is 0 Å². The molecule has 1 atom stereocenters. The van der Waals surface area contributed by atoms with Gasteiger partial charge in [-0.15, -0.1) is 0 Å². The zero-order valence-electron chi connectivity index (χ0n) is 10.8. The lowest BCUT2D eigenvalue weighted by Crippen LogP contribution is -2.44. The highest BCUT2D eigenvalue weighted by atomic mass is 79.9. The summed E-state index contributed by atoms with van der Waals surface area (Å²) >= 11 is 3.28. The summed E-state index contributed by atoms with van der Waals surface area (Å²) in [6.07, 6.45) is 0.147. The Hall–Kier alpha value is -1.89. The van der Waals surface area contributed by atoms with Crippen LogP contribution in [-0.2, 0) is 25.5 Å². The molecular formula is C13H14BrNO5. The number of amides is 1. The fourth-order valence-electron chi connectivity index (χ4n) is 1.46. The Morgan fingerprint density at radius 3 is 2.40 bits per heavy atom. The Morgan fingerprint density at radius 2 is 1.90 bits per heavy atom. The number of carboxylic acid groups (broad SMARTS) is 1. The first-order chi connectivity index (χ1) is 9.38. The number of aliphatic carboxylic acids is 1. The molecule has 20 heavy (non-hydrogen) atoms. The van der Waals surface area contributed by atoms with Gasteiger partial charge in [0, 0.05) is 17.8 Å². The number of carbonyl (C=O) groups excluding carboxylic acids is 2. The van der Waals surface area contributed by atoms with Crippen molar-refractivity contribution in [3.63, 3.8) is 0 Å². The molecule has 0 aliphatic carbocycles. The lowest BCUT2D eigenvalue weighted by molar-refractivity contribution is -0.148. The number of hydrogen-bond donors (Lipinski definition) is 2. The molecule has 1 aromatic rings. The second-order valence-corrected chi connectivity index (χ2v) is 4.98. The van der Waals surface area contributed by atoms with Crippen LogP contribution in [0.3, 0.4) is 0 Å². The topological polar surface area (TPSA) is 92.7 Å². The summed E-state index contributed by atoms with van der Waals surface area (Å²) in [7, 11) is 0. The van der Waals surface area contributed by atoms with Gasteiger partial charge in [-0.1, -0.05) is 28.1 Å². The third-order valence-electron chi connectivity index (χ3n) is 2.39. The van der Waals surface area contributed by atoms with Crippen molar-refractivity contribution < 1.29 is 24.2 Å². The highest BCUT2D eigenvalue weighted by Crippen LogP contribution is 2.12. The molecule has 0 spiro atoms. The molecule has 2 N–H and O–H groups in total. The molecule has 1 aromatic carbocycles. The number of halogens is 1. The highest BCUT2D eigenvalue weighted by Gasteiger charge is 2.20. The summed E-state index contributed by atoms with van der Waals surface area (Å²) < 4.78 is 5.38. The van der Waals surface area contributed by atoms with E-state index in [1.807, 2.05) is 0 Å². The molecule has 0 aliphatic heterocycles.